The maximum absolute atomic E-state index is 13.1. The van der Waals surface area contributed by atoms with E-state index in [9.17, 15) is 23.1 Å². The van der Waals surface area contributed by atoms with Gasteiger partial charge in [0, 0.05) is 18.7 Å². The fourth-order valence-corrected chi connectivity index (χ4v) is 5.09. The molecule has 0 radical (unpaired) electrons. The number of nitrogens with one attached hydrogen (secondary N) is 1. The number of ether oxygens (including phenoxy) is 2. The lowest BCUT2D eigenvalue weighted by molar-refractivity contribution is -0.150. The first-order valence-electron chi connectivity index (χ1n) is 9.99. The lowest BCUT2D eigenvalue weighted by Crippen LogP contribution is -2.42. The van der Waals surface area contributed by atoms with Gasteiger partial charge < -0.3 is 19.9 Å². The number of methoxy groups -OCH3 is 1. The molecule has 0 aliphatic carbocycles. The summed E-state index contributed by atoms with van der Waals surface area (Å²) in [6.07, 6.45) is -1.12. The SMILES string of the molecule is COc1ccc(NC(=O)COC(=O)C2CC(O)CN2S(=O)(=O)c2ccc(C)c(C)c2)cc1. The molecule has 9 nitrogen and oxygen atoms in total. The van der Waals surface area contributed by atoms with Crippen molar-refractivity contribution < 1.29 is 32.6 Å². The molecule has 2 aromatic carbocycles. The normalized spacial score (nSPS) is 18.9. The van der Waals surface area contributed by atoms with Crippen molar-refractivity contribution in [3.05, 3.63) is 53.6 Å². The third-order valence-corrected chi connectivity index (χ3v) is 7.18. The Morgan fingerprint density at radius 1 is 1.12 bits per heavy atom. The zero-order chi connectivity index (χ0) is 23.5. The van der Waals surface area contributed by atoms with Gasteiger partial charge in [0.1, 0.15) is 11.8 Å². The van der Waals surface area contributed by atoms with E-state index in [0.29, 0.717) is 11.4 Å². The van der Waals surface area contributed by atoms with Gasteiger partial charge in [0.05, 0.1) is 18.1 Å². The highest BCUT2D eigenvalue weighted by Gasteiger charge is 2.44. The summed E-state index contributed by atoms with van der Waals surface area (Å²) in [5.74, 6) is -0.844. The maximum atomic E-state index is 13.1. The molecule has 32 heavy (non-hydrogen) atoms. The minimum absolute atomic E-state index is 0.0322. The number of β-amino-alcohol motifs (C(OH)–C–C–N with tert-alkyl or cyclic N) is 1. The first kappa shape index (κ1) is 23.7. The van der Waals surface area contributed by atoms with Gasteiger partial charge in [-0.05, 0) is 61.4 Å². The molecule has 2 N–H and O–H groups in total. The fraction of sp³-hybridized carbons (Fsp3) is 0.364. The van der Waals surface area contributed by atoms with E-state index in [2.05, 4.69) is 5.32 Å². The molecule has 1 aliphatic heterocycles. The Hall–Kier alpha value is -2.95. The number of aliphatic hydroxyl groups is 1. The monoisotopic (exact) mass is 462 g/mol. The second kappa shape index (κ2) is 9.68. The van der Waals surface area contributed by atoms with Crippen LogP contribution in [-0.4, -0.2) is 62.1 Å². The van der Waals surface area contributed by atoms with Crippen molar-refractivity contribution in [2.45, 2.75) is 37.3 Å². The number of benzene rings is 2. The van der Waals surface area contributed by atoms with E-state index >= 15 is 0 Å². The topological polar surface area (TPSA) is 122 Å². The highest BCUT2D eigenvalue weighted by atomic mass is 32.2. The van der Waals surface area contributed by atoms with E-state index in [0.717, 1.165) is 15.4 Å². The van der Waals surface area contributed by atoms with Gasteiger partial charge in [0.15, 0.2) is 6.61 Å². The molecule has 10 heteroatoms. The minimum atomic E-state index is -4.04. The molecule has 172 valence electrons. The summed E-state index contributed by atoms with van der Waals surface area (Å²) in [7, 11) is -2.51. The third-order valence-electron chi connectivity index (χ3n) is 5.31. The highest BCUT2D eigenvalue weighted by molar-refractivity contribution is 7.89. The number of hydrogen-bond donors (Lipinski definition) is 2. The largest absolute Gasteiger partial charge is 0.497 e. The number of anilines is 1. The molecular formula is C22H26N2O7S. The van der Waals surface area contributed by atoms with Crippen LogP contribution in [0.5, 0.6) is 5.75 Å². The average molecular weight is 463 g/mol. The molecule has 0 spiro atoms. The molecule has 0 bridgehead atoms. The smallest absolute Gasteiger partial charge is 0.325 e. The van der Waals surface area contributed by atoms with Gasteiger partial charge in [-0.25, -0.2) is 8.42 Å². The number of esters is 1. The molecule has 3 rings (SSSR count). The van der Waals surface area contributed by atoms with Gasteiger partial charge in [0.25, 0.3) is 5.91 Å². The second-order valence-corrected chi connectivity index (χ2v) is 9.50. The predicted octanol–water partition coefficient (Wildman–Crippen LogP) is 1.62. The van der Waals surface area contributed by atoms with Gasteiger partial charge in [-0.3, -0.25) is 9.59 Å². The average Bonchev–Trinajstić information content (AvgIpc) is 3.17. The van der Waals surface area contributed by atoms with Crippen molar-refractivity contribution in [1.82, 2.24) is 4.31 Å². The number of amides is 1. The van der Waals surface area contributed by atoms with Crippen LogP contribution in [0.4, 0.5) is 5.69 Å². The molecule has 1 fully saturated rings. The Balaban J connectivity index is 1.66. The lowest BCUT2D eigenvalue weighted by atomic mass is 10.1. The number of rotatable bonds is 7. The molecule has 1 aliphatic rings. The van der Waals surface area contributed by atoms with Crippen LogP contribution in [0, 0.1) is 13.8 Å². The number of carbonyl (C=O) groups excluding carboxylic acids is 2. The van der Waals surface area contributed by atoms with Gasteiger partial charge in [-0.15, -0.1) is 0 Å². The van der Waals surface area contributed by atoms with E-state index in [-0.39, 0.29) is 17.9 Å². The van der Waals surface area contributed by atoms with Crippen LogP contribution >= 0.6 is 0 Å². The Morgan fingerprint density at radius 2 is 1.81 bits per heavy atom. The Kier molecular flexibility index (Phi) is 7.17. The quantitative estimate of drug-likeness (QED) is 0.600. The number of carbonyl (C=O) groups is 2. The molecule has 2 aromatic rings. The standard InChI is InChI=1S/C22H26N2O7S/c1-14-4-9-19(10-15(14)2)32(28,29)24-12-17(25)11-20(24)22(27)31-13-21(26)23-16-5-7-18(30-3)8-6-16/h4-10,17,20,25H,11-13H2,1-3H3,(H,23,26). The van der Waals surface area contributed by atoms with E-state index in [4.69, 9.17) is 9.47 Å². The zero-order valence-corrected chi connectivity index (χ0v) is 18.9. The van der Waals surface area contributed by atoms with Gasteiger partial charge in [-0.2, -0.15) is 4.31 Å². The summed E-state index contributed by atoms with van der Waals surface area (Å²) in [6.45, 7) is 2.84. The first-order valence-corrected chi connectivity index (χ1v) is 11.4. The van der Waals surface area contributed by atoms with Crippen LogP contribution in [0.3, 0.4) is 0 Å². The van der Waals surface area contributed by atoms with Crippen LogP contribution in [0.1, 0.15) is 17.5 Å². The first-order chi connectivity index (χ1) is 15.1. The molecule has 0 saturated carbocycles. The van der Waals surface area contributed by atoms with Crippen molar-refractivity contribution >= 4 is 27.6 Å². The van der Waals surface area contributed by atoms with Gasteiger partial charge in [-0.1, -0.05) is 6.07 Å². The number of sulfonamides is 1. The van der Waals surface area contributed by atoms with Crippen LogP contribution in [0.25, 0.3) is 0 Å². The number of aryl methyl sites for hydroxylation is 2. The van der Waals surface area contributed by atoms with Crippen molar-refractivity contribution in [2.24, 2.45) is 0 Å². The number of nitrogens with zero attached hydrogens (tertiary/aromatic N) is 1. The van der Waals surface area contributed by atoms with Crippen molar-refractivity contribution in [1.29, 1.82) is 0 Å². The van der Waals surface area contributed by atoms with E-state index < -0.39 is 40.7 Å². The molecular weight excluding hydrogens is 436 g/mol. The number of hydrogen-bond acceptors (Lipinski definition) is 7. The molecule has 0 aromatic heterocycles. The summed E-state index contributed by atoms with van der Waals surface area (Å²) in [6, 6.07) is 10.0. The van der Waals surface area contributed by atoms with Crippen molar-refractivity contribution in [2.75, 3.05) is 25.6 Å². The van der Waals surface area contributed by atoms with Crippen LogP contribution < -0.4 is 10.1 Å². The summed E-state index contributed by atoms with van der Waals surface area (Å²) >= 11 is 0. The van der Waals surface area contributed by atoms with Crippen LogP contribution in [0.2, 0.25) is 0 Å². The third kappa shape index (κ3) is 5.26. The van der Waals surface area contributed by atoms with E-state index in [1.807, 2.05) is 6.92 Å². The Morgan fingerprint density at radius 3 is 2.44 bits per heavy atom. The van der Waals surface area contributed by atoms with Crippen LogP contribution in [0.15, 0.2) is 47.4 Å². The summed E-state index contributed by atoms with van der Waals surface area (Å²) < 4.78 is 37.3. The maximum Gasteiger partial charge on any atom is 0.325 e. The van der Waals surface area contributed by atoms with Gasteiger partial charge in [0.2, 0.25) is 10.0 Å². The van der Waals surface area contributed by atoms with Crippen LogP contribution in [-0.2, 0) is 24.3 Å². The van der Waals surface area contributed by atoms with Gasteiger partial charge >= 0.3 is 5.97 Å². The fourth-order valence-electron chi connectivity index (χ4n) is 3.38. The van der Waals surface area contributed by atoms with E-state index in [1.165, 1.54) is 19.2 Å². The summed E-state index contributed by atoms with van der Waals surface area (Å²) in [5.41, 5.74) is 2.21. The zero-order valence-electron chi connectivity index (χ0n) is 18.1. The number of aliphatic hydroxyl groups excluding tert-OH is 1. The Bertz CT molecular complexity index is 1100. The molecule has 2 unspecified atom stereocenters. The molecule has 1 amide bonds. The predicted molar refractivity (Wildman–Crippen MR) is 117 cm³/mol. The molecule has 1 heterocycles. The van der Waals surface area contributed by atoms with Crippen molar-refractivity contribution in [3.8, 4) is 5.75 Å². The Labute approximate surface area is 187 Å². The summed E-state index contributed by atoms with van der Waals surface area (Å²) in [4.78, 5) is 24.8. The summed E-state index contributed by atoms with van der Waals surface area (Å²) in [5, 5.41) is 12.6. The lowest BCUT2D eigenvalue weighted by Gasteiger charge is -2.22. The minimum Gasteiger partial charge on any atom is -0.497 e. The molecule has 2 atom stereocenters. The second-order valence-electron chi connectivity index (χ2n) is 7.61. The van der Waals surface area contributed by atoms with Crippen molar-refractivity contribution in [3.63, 3.8) is 0 Å². The molecule has 1 saturated heterocycles. The highest BCUT2D eigenvalue weighted by Crippen LogP contribution is 2.28. The van der Waals surface area contributed by atoms with E-state index in [1.54, 1.807) is 37.3 Å².